The van der Waals surface area contributed by atoms with Gasteiger partial charge in [-0.05, 0) is 64.0 Å². The fourth-order valence-corrected chi connectivity index (χ4v) is 2.97. The van der Waals surface area contributed by atoms with Crippen molar-refractivity contribution in [3.63, 3.8) is 0 Å². The summed E-state index contributed by atoms with van der Waals surface area (Å²) in [4.78, 5) is 24.9. The van der Waals surface area contributed by atoms with Crippen molar-refractivity contribution in [1.29, 1.82) is 0 Å². The molecule has 3 aromatic rings. The van der Waals surface area contributed by atoms with Crippen LogP contribution in [-0.4, -0.2) is 30.2 Å². The van der Waals surface area contributed by atoms with Crippen LogP contribution in [0.5, 0.6) is 11.5 Å². The van der Waals surface area contributed by atoms with Gasteiger partial charge in [-0.3, -0.25) is 4.79 Å². The van der Waals surface area contributed by atoms with Gasteiger partial charge < -0.3 is 19.9 Å². The first-order chi connectivity index (χ1) is 15.1. The summed E-state index contributed by atoms with van der Waals surface area (Å²) < 4.78 is 11.6. The van der Waals surface area contributed by atoms with Gasteiger partial charge in [0, 0.05) is 5.56 Å². The van der Waals surface area contributed by atoms with Crippen molar-refractivity contribution in [3.8, 4) is 11.5 Å². The number of rotatable bonds is 8. The van der Waals surface area contributed by atoms with Crippen molar-refractivity contribution in [3.05, 3.63) is 100 Å². The molecule has 158 valence electrons. The van der Waals surface area contributed by atoms with Crippen molar-refractivity contribution >= 4 is 33.9 Å². The molecule has 0 fully saturated rings. The Labute approximate surface area is 188 Å². The maximum Gasteiger partial charge on any atom is 0.354 e. The quantitative estimate of drug-likeness (QED) is 0.364. The Morgan fingerprint density at radius 2 is 1.61 bits per heavy atom. The topological polar surface area (TPSA) is 84.9 Å². The zero-order valence-corrected chi connectivity index (χ0v) is 18.0. The normalized spacial score (nSPS) is 11.0. The Morgan fingerprint density at radius 1 is 0.935 bits per heavy atom. The minimum Gasteiger partial charge on any atom is -0.459 e. The lowest BCUT2D eigenvalue weighted by Gasteiger charge is -2.11. The third kappa shape index (κ3) is 6.53. The number of benzene rings is 3. The molecule has 0 unspecified atom stereocenters. The SMILES string of the molecule is O=C(OCCO)C(=Cc1ccc(Oc2ccccc2Br)cc1)NC(=O)c1ccccc1. The molecule has 3 aromatic carbocycles. The van der Waals surface area contributed by atoms with Crippen LogP contribution in [0.3, 0.4) is 0 Å². The van der Waals surface area contributed by atoms with Crippen LogP contribution in [0.4, 0.5) is 0 Å². The van der Waals surface area contributed by atoms with Crippen molar-refractivity contribution < 1.29 is 24.2 Å². The summed E-state index contributed by atoms with van der Waals surface area (Å²) >= 11 is 3.44. The molecule has 0 aromatic heterocycles. The summed E-state index contributed by atoms with van der Waals surface area (Å²) in [5.41, 5.74) is 1.02. The van der Waals surface area contributed by atoms with Crippen LogP contribution in [0.2, 0.25) is 0 Å². The van der Waals surface area contributed by atoms with Gasteiger partial charge in [0.2, 0.25) is 0 Å². The standard InChI is InChI=1S/C24H20BrNO5/c25-20-8-4-5-9-22(20)31-19-12-10-17(11-13-19)16-21(24(29)30-15-14-27)26-23(28)18-6-2-1-3-7-18/h1-13,16,27H,14-15H2,(H,26,28). The van der Waals surface area contributed by atoms with E-state index in [1.165, 1.54) is 6.08 Å². The van der Waals surface area contributed by atoms with Crippen LogP contribution in [0.1, 0.15) is 15.9 Å². The van der Waals surface area contributed by atoms with Gasteiger partial charge in [-0.2, -0.15) is 0 Å². The number of amides is 1. The molecule has 0 saturated heterocycles. The maximum atomic E-state index is 12.5. The van der Waals surface area contributed by atoms with E-state index in [9.17, 15) is 9.59 Å². The van der Waals surface area contributed by atoms with Gasteiger partial charge in [0.1, 0.15) is 23.8 Å². The molecule has 7 heteroatoms. The fourth-order valence-electron chi connectivity index (χ4n) is 2.60. The van der Waals surface area contributed by atoms with E-state index in [2.05, 4.69) is 21.2 Å². The number of hydrogen-bond acceptors (Lipinski definition) is 5. The molecule has 0 heterocycles. The summed E-state index contributed by atoms with van der Waals surface area (Å²) in [5, 5.41) is 11.5. The Kier molecular flexibility index (Phi) is 7.98. The van der Waals surface area contributed by atoms with E-state index in [0.29, 0.717) is 22.6 Å². The molecule has 0 saturated carbocycles. The third-order valence-corrected chi connectivity index (χ3v) is 4.74. The molecule has 0 aliphatic heterocycles. The molecule has 6 nitrogen and oxygen atoms in total. The highest BCUT2D eigenvalue weighted by atomic mass is 79.9. The smallest absolute Gasteiger partial charge is 0.354 e. The zero-order valence-electron chi connectivity index (χ0n) is 16.5. The van der Waals surface area contributed by atoms with Gasteiger partial charge in [0.25, 0.3) is 5.91 Å². The molecule has 0 bridgehead atoms. The zero-order chi connectivity index (χ0) is 22.1. The van der Waals surface area contributed by atoms with E-state index in [-0.39, 0.29) is 18.9 Å². The second kappa shape index (κ2) is 11.1. The predicted molar refractivity (Wildman–Crippen MR) is 121 cm³/mol. The summed E-state index contributed by atoms with van der Waals surface area (Å²) in [6.45, 7) is -0.483. The Morgan fingerprint density at radius 3 is 2.29 bits per heavy atom. The number of esters is 1. The fraction of sp³-hybridized carbons (Fsp3) is 0.0833. The molecule has 0 aliphatic rings. The third-order valence-electron chi connectivity index (χ3n) is 4.08. The molecule has 1 amide bonds. The lowest BCUT2D eigenvalue weighted by Crippen LogP contribution is -2.29. The first-order valence-electron chi connectivity index (χ1n) is 9.45. The average molecular weight is 482 g/mol. The van der Waals surface area contributed by atoms with Crippen molar-refractivity contribution in [2.45, 2.75) is 0 Å². The summed E-state index contributed by atoms with van der Waals surface area (Å²) in [7, 11) is 0. The van der Waals surface area contributed by atoms with E-state index in [1.807, 2.05) is 24.3 Å². The molecule has 31 heavy (non-hydrogen) atoms. The number of halogens is 1. The number of carbonyl (C=O) groups excluding carboxylic acids is 2. The maximum absolute atomic E-state index is 12.5. The lowest BCUT2D eigenvalue weighted by atomic mass is 10.1. The predicted octanol–water partition coefficient (Wildman–Crippen LogP) is 4.55. The van der Waals surface area contributed by atoms with Crippen LogP contribution in [0.15, 0.2) is 89.0 Å². The molecule has 0 radical (unpaired) electrons. The molecular formula is C24H20BrNO5. The largest absolute Gasteiger partial charge is 0.459 e. The molecule has 0 aliphatic carbocycles. The van der Waals surface area contributed by atoms with Gasteiger partial charge >= 0.3 is 5.97 Å². The number of ether oxygens (including phenoxy) is 2. The number of nitrogens with one attached hydrogen (secondary N) is 1. The highest BCUT2D eigenvalue weighted by Crippen LogP contribution is 2.29. The van der Waals surface area contributed by atoms with E-state index >= 15 is 0 Å². The van der Waals surface area contributed by atoms with E-state index in [4.69, 9.17) is 14.6 Å². The second-order valence-electron chi connectivity index (χ2n) is 6.34. The molecular weight excluding hydrogens is 462 g/mol. The monoisotopic (exact) mass is 481 g/mol. The van der Waals surface area contributed by atoms with Crippen LogP contribution in [0, 0.1) is 0 Å². The number of carbonyl (C=O) groups is 2. The minimum absolute atomic E-state index is 0.0400. The summed E-state index contributed by atoms with van der Waals surface area (Å²) in [5.74, 6) is 0.101. The Bertz CT molecular complexity index is 1060. The van der Waals surface area contributed by atoms with E-state index < -0.39 is 11.9 Å². The van der Waals surface area contributed by atoms with Gasteiger partial charge in [-0.15, -0.1) is 0 Å². The van der Waals surface area contributed by atoms with Crippen molar-refractivity contribution in [2.75, 3.05) is 13.2 Å². The van der Waals surface area contributed by atoms with Crippen LogP contribution in [0.25, 0.3) is 6.08 Å². The Hall–Kier alpha value is -3.42. The minimum atomic E-state index is -0.744. The van der Waals surface area contributed by atoms with Crippen LogP contribution >= 0.6 is 15.9 Å². The van der Waals surface area contributed by atoms with Gasteiger partial charge in [0.15, 0.2) is 0 Å². The second-order valence-corrected chi connectivity index (χ2v) is 7.19. The van der Waals surface area contributed by atoms with E-state index in [1.54, 1.807) is 54.6 Å². The molecule has 2 N–H and O–H groups in total. The van der Waals surface area contributed by atoms with Crippen LogP contribution < -0.4 is 10.1 Å². The Balaban J connectivity index is 1.79. The van der Waals surface area contributed by atoms with Crippen molar-refractivity contribution in [2.24, 2.45) is 0 Å². The lowest BCUT2D eigenvalue weighted by molar-refractivity contribution is -0.140. The number of aliphatic hydroxyl groups is 1. The van der Waals surface area contributed by atoms with Gasteiger partial charge in [-0.1, -0.05) is 42.5 Å². The van der Waals surface area contributed by atoms with E-state index in [0.717, 1.165) is 4.47 Å². The number of aliphatic hydroxyl groups excluding tert-OH is 1. The first kappa shape index (κ1) is 22.3. The van der Waals surface area contributed by atoms with Crippen molar-refractivity contribution in [1.82, 2.24) is 5.32 Å². The average Bonchev–Trinajstić information content (AvgIpc) is 2.80. The summed E-state index contributed by atoms with van der Waals surface area (Å²) in [6, 6.07) is 23.0. The number of para-hydroxylation sites is 1. The summed E-state index contributed by atoms with van der Waals surface area (Å²) in [6.07, 6.45) is 1.50. The van der Waals surface area contributed by atoms with Crippen LogP contribution in [-0.2, 0) is 9.53 Å². The molecule has 0 spiro atoms. The van der Waals surface area contributed by atoms with Gasteiger partial charge in [-0.25, -0.2) is 4.79 Å². The number of hydrogen-bond donors (Lipinski definition) is 2. The van der Waals surface area contributed by atoms with Gasteiger partial charge in [0.05, 0.1) is 11.1 Å². The highest BCUT2D eigenvalue weighted by molar-refractivity contribution is 9.10. The highest BCUT2D eigenvalue weighted by Gasteiger charge is 2.16. The molecule has 0 atom stereocenters. The first-order valence-corrected chi connectivity index (χ1v) is 10.2. The molecule has 3 rings (SSSR count).